The molecular formula is C14H19ClO3S. The van der Waals surface area contributed by atoms with E-state index >= 15 is 0 Å². The van der Waals surface area contributed by atoms with Gasteiger partial charge in [0.1, 0.15) is 11.9 Å². The topological polar surface area (TPSA) is 43.4 Å². The summed E-state index contributed by atoms with van der Waals surface area (Å²) in [5.74, 6) is 0.643. The SMILES string of the molecule is C=CC(C)Oc1ccc(S(=O)(=O)Cl)cc1C(C)(C)C. The summed E-state index contributed by atoms with van der Waals surface area (Å²) in [4.78, 5) is 0.0812. The number of rotatable bonds is 4. The van der Waals surface area contributed by atoms with Crippen LogP contribution in [-0.2, 0) is 14.5 Å². The Balaban J connectivity index is 3.37. The average molecular weight is 303 g/mol. The van der Waals surface area contributed by atoms with Gasteiger partial charge in [0.25, 0.3) is 9.05 Å². The van der Waals surface area contributed by atoms with Crippen LogP contribution in [0.15, 0.2) is 35.7 Å². The quantitative estimate of drug-likeness (QED) is 0.626. The Morgan fingerprint density at radius 1 is 1.37 bits per heavy atom. The van der Waals surface area contributed by atoms with Gasteiger partial charge in [-0.2, -0.15) is 0 Å². The predicted molar refractivity (Wildman–Crippen MR) is 78.5 cm³/mol. The van der Waals surface area contributed by atoms with Crippen LogP contribution in [0.4, 0.5) is 0 Å². The van der Waals surface area contributed by atoms with Gasteiger partial charge in [0, 0.05) is 16.2 Å². The van der Waals surface area contributed by atoms with Crippen molar-refractivity contribution in [3.05, 3.63) is 36.4 Å². The van der Waals surface area contributed by atoms with E-state index < -0.39 is 9.05 Å². The fourth-order valence-electron chi connectivity index (χ4n) is 1.60. The van der Waals surface area contributed by atoms with Crippen molar-refractivity contribution in [2.24, 2.45) is 0 Å². The minimum Gasteiger partial charge on any atom is -0.486 e. The van der Waals surface area contributed by atoms with Crippen LogP contribution in [0, 0.1) is 0 Å². The van der Waals surface area contributed by atoms with E-state index in [2.05, 4.69) is 6.58 Å². The maximum atomic E-state index is 11.4. The summed E-state index contributed by atoms with van der Waals surface area (Å²) in [6.45, 7) is 11.5. The van der Waals surface area contributed by atoms with Crippen molar-refractivity contribution in [2.45, 2.75) is 44.1 Å². The predicted octanol–water partition coefficient (Wildman–Crippen LogP) is 3.86. The third kappa shape index (κ3) is 4.25. The average Bonchev–Trinajstić information content (AvgIpc) is 2.26. The smallest absolute Gasteiger partial charge is 0.261 e. The lowest BCUT2D eigenvalue weighted by Crippen LogP contribution is -2.17. The Hall–Kier alpha value is -1.00. The van der Waals surface area contributed by atoms with Gasteiger partial charge in [-0.05, 0) is 30.5 Å². The first-order valence-electron chi connectivity index (χ1n) is 5.94. The standard InChI is InChI=1S/C14H19ClO3S/c1-6-10(2)18-13-8-7-11(19(15,16)17)9-12(13)14(3,4)5/h6-10H,1H2,2-5H3. The van der Waals surface area contributed by atoms with Gasteiger partial charge in [0.15, 0.2) is 0 Å². The molecular weight excluding hydrogens is 284 g/mol. The molecule has 0 radical (unpaired) electrons. The summed E-state index contributed by atoms with van der Waals surface area (Å²) in [5.41, 5.74) is 0.538. The summed E-state index contributed by atoms with van der Waals surface area (Å²) in [7, 11) is 1.64. The van der Waals surface area contributed by atoms with Crippen molar-refractivity contribution in [3.8, 4) is 5.75 Å². The minimum absolute atomic E-state index is 0.0812. The van der Waals surface area contributed by atoms with Crippen LogP contribution in [0.2, 0.25) is 0 Å². The van der Waals surface area contributed by atoms with Crippen molar-refractivity contribution in [1.82, 2.24) is 0 Å². The molecule has 0 bridgehead atoms. The highest BCUT2D eigenvalue weighted by Crippen LogP contribution is 2.34. The van der Waals surface area contributed by atoms with Crippen LogP contribution >= 0.6 is 10.7 Å². The lowest BCUT2D eigenvalue weighted by molar-refractivity contribution is 0.263. The third-order valence-corrected chi connectivity index (χ3v) is 4.04. The second-order valence-electron chi connectivity index (χ2n) is 5.40. The zero-order valence-corrected chi connectivity index (χ0v) is 13.2. The maximum absolute atomic E-state index is 11.4. The molecule has 3 nitrogen and oxygen atoms in total. The van der Waals surface area contributed by atoms with Crippen LogP contribution in [0.3, 0.4) is 0 Å². The monoisotopic (exact) mass is 302 g/mol. The highest BCUT2D eigenvalue weighted by molar-refractivity contribution is 8.13. The molecule has 0 saturated carbocycles. The zero-order chi connectivity index (χ0) is 14.8. The molecule has 0 aliphatic carbocycles. The summed E-state index contributed by atoms with van der Waals surface area (Å²) in [5, 5.41) is 0. The van der Waals surface area contributed by atoms with Crippen molar-refractivity contribution < 1.29 is 13.2 Å². The number of hydrogen-bond donors (Lipinski definition) is 0. The Labute approximate surface area is 119 Å². The van der Waals surface area contributed by atoms with Crippen LogP contribution in [0.5, 0.6) is 5.75 Å². The first kappa shape index (κ1) is 16.1. The number of hydrogen-bond acceptors (Lipinski definition) is 3. The second-order valence-corrected chi connectivity index (χ2v) is 7.97. The molecule has 0 amide bonds. The van der Waals surface area contributed by atoms with Gasteiger partial charge in [-0.15, -0.1) is 0 Å². The van der Waals surface area contributed by atoms with Crippen molar-refractivity contribution in [1.29, 1.82) is 0 Å². The first-order chi connectivity index (χ1) is 8.55. The first-order valence-corrected chi connectivity index (χ1v) is 8.25. The van der Waals surface area contributed by atoms with Gasteiger partial charge in [-0.25, -0.2) is 8.42 Å². The lowest BCUT2D eigenvalue weighted by Gasteiger charge is -2.24. The fraction of sp³-hybridized carbons (Fsp3) is 0.429. The molecule has 0 saturated heterocycles. The van der Waals surface area contributed by atoms with Gasteiger partial charge in [0.2, 0.25) is 0 Å². The largest absolute Gasteiger partial charge is 0.486 e. The number of halogens is 1. The summed E-state index contributed by atoms with van der Waals surface area (Å²) in [6.07, 6.45) is 1.53. The van der Waals surface area contributed by atoms with Crippen LogP contribution < -0.4 is 4.74 Å². The molecule has 1 atom stereocenters. The van der Waals surface area contributed by atoms with Crippen molar-refractivity contribution in [2.75, 3.05) is 0 Å². The second kappa shape index (κ2) is 5.55. The van der Waals surface area contributed by atoms with Gasteiger partial charge in [-0.1, -0.05) is 33.4 Å². The Morgan fingerprint density at radius 2 is 1.95 bits per heavy atom. The van der Waals surface area contributed by atoms with Gasteiger partial charge < -0.3 is 4.74 Å². The molecule has 0 heterocycles. The Bertz CT molecular complexity index is 571. The van der Waals surface area contributed by atoms with E-state index in [0.717, 1.165) is 5.56 Å². The van der Waals surface area contributed by atoms with Gasteiger partial charge >= 0.3 is 0 Å². The van der Waals surface area contributed by atoms with E-state index in [9.17, 15) is 8.42 Å². The van der Waals surface area contributed by atoms with E-state index in [-0.39, 0.29) is 16.4 Å². The van der Waals surface area contributed by atoms with Gasteiger partial charge in [-0.3, -0.25) is 0 Å². The lowest BCUT2D eigenvalue weighted by atomic mass is 9.86. The molecule has 1 unspecified atom stereocenters. The summed E-state index contributed by atoms with van der Waals surface area (Å²) < 4.78 is 28.6. The van der Waals surface area contributed by atoms with Crippen LogP contribution in [-0.4, -0.2) is 14.5 Å². The molecule has 1 aromatic rings. The number of ether oxygens (including phenoxy) is 1. The van der Waals surface area contributed by atoms with E-state index in [1.54, 1.807) is 18.2 Å². The van der Waals surface area contributed by atoms with Crippen LogP contribution in [0.25, 0.3) is 0 Å². The zero-order valence-electron chi connectivity index (χ0n) is 11.6. The molecule has 1 aromatic carbocycles. The molecule has 19 heavy (non-hydrogen) atoms. The van der Waals surface area contributed by atoms with Gasteiger partial charge in [0.05, 0.1) is 4.90 Å². The van der Waals surface area contributed by atoms with Crippen molar-refractivity contribution in [3.63, 3.8) is 0 Å². The van der Waals surface area contributed by atoms with E-state index in [1.807, 2.05) is 27.7 Å². The normalized spacial score (nSPS) is 13.9. The molecule has 0 fully saturated rings. The van der Waals surface area contributed by atoms with E-state index in [0.29, 0.717) is 5.75 Å². The maximum Gasteiger partial charge on any atom is 0.261 e. The fourth-order valence-corrected chi connectivity index (χ4v) is 2.38. The molecule has 0 aliphatic heterocycles. The summed E-state index contributed by atoms with van der Waals surface area (Å²) >= 11 is 0. The Kier molecular flexibility index (Phi) is 4.69. The Morgan fingerprint density at radius 3 is 2.37 bits per heavy atom. The highest BCUT2D eigenvalue weighted by Gasteiger charge is 2.23. The van der Waals surface area contributed by atoms with E-state index in [4.69, 9.17) is 15.4 Å². The molecule has 0 spiro atoms. The molecule has 5 heteroatoms. The highest BCUT2D eigenvalue weighted by atomic mass is 35.7. The van der Waals surface area contributed by atoms with Crippen LogP contribution in [0.1, 0.15) is 33.3 Å². The molecule has 0 aromatic heterocycles. The molecule has 0 N–H and O–H groups in total. The third-order valence-electron chi connectivity index (χ3n) is 2.69. The molecule has 0 aliphatic rings. The molecule has 1 rings (SSSR count). The molecule has 106 valence electrons. The van der Waals surface area contributed by atoms with E-state index in [1.165, 1.54) is 6.07 Å². The van der Waals surface area contributed by atoms with Crippen molar-refractivity contribution >= 4 is 19.7 Å². The minimum atomic E-state index is -3.74. The summed E-state index contributed by atoms with van der Waals surface area (Å²) in [6, 6.07) is 4.64. The number of benzene rings is 1.